The number of hydrogen-bond acceptors (Lipinski definition) is 6. The van der Waals surface area contributed by atoms with Gasteiger partial charge in [0, 0.05) is 24.1 Å². The second-order valence-corrected chi connectivity index (χ2v) is 8.85. The van der Waals surface area contributed by atoms with Crippen molar-refractivity contribution in [2.75, 3.05) is 0 Å². The number of aliphatic hydroxyl groups is 1. The molecular formula is C25H26O6. The van der Waals surface area contributed by atoms with Crippen molar-refractivity contribution in [3.63, 3.8) is 0 Å². The van der Waals surface area contributed by atoms with Crippen LogP contribution in [-0.2, 0) is 12.8 Å². The quantitative estimate of drug-likeness (QED) is 0.537. The summed E-state index contributed by atoms with van der Waals surface area (Å²) in [6.45, 7) is 7.27. The molecule has 1 atom stereocenters. The molecular weight excluding hydrogens is 396 g/mol. The first-order chi connectivity index (χ1) is 14.5. The molecule has 2 aromatic carbocycles. The lowest BCUT2D eigenvalue weighted by Gasteiger charge is -2.24. The van der Waals surface area contributed by atoms with Crippen LogP contribution in [0, 0.1) is 0 Å². The van der Waals surface area contributed by atoms with E-state index in [0.29, 0.717) is 40.7 Å². The normalized spacial score (nSPS) is 15.6. The maximum absolute atomic E-state index is 13.5. The van der Waals surface area contributed by atoms with Crippen molar-refractivity contribution in [3.05, 3.63) is 63.3 Å². The molecule has 0 saturated heterocycles. The Morgan fingerprint density at radius 1 is 1.19 bits per heavy atom. The molecule has 0 amide bonds. The molecule has 0 unspecified atom stereocenters. The zero-order chi connectivity index (χ0) is 22.5. The fourth-order valence-electron chi connectivity index (χ4n) is 3.78. The van der Waals surface area contributed by atoms with Gasteiger partial charge < -0.3 is 24.5 Å². The van der Waals surface area contributed by atoms with E-state index >= 15 is 0 Å². The van der Waals surface area contributed by atoms with Crippen molar-refractivity contribution >= 4 is 11.0 Å². The number of fused-ring (bicyclic) bond motifs is 2. The van der Waals surface area contributed by atoms with Crippen LogP contribution < -0.4 is 10.2 Å². The minimum Gasteiger partial charge on any atom is -0.508 e. The van der Waals surface area contributed by atoms with Gasteiger partial charge in [0.2, 0.25) is 0 Å². The summed E-state index contributed by atoms with van der Waals surface area (Å²) in [5.41, 5.74) is 1.77. The van der Waals surface area contributed by atoms with Crippen molar-refractivity contribution in [2.24, 2.45) is 0 Å². The summed E-state index contributed by atoms with van der Waals surface area (Å²) in [7, 11) is 0. The molecule has 3 aromatic rings. The first-order valence-corrected chi connectivity index (χ1v) is 10.2. The molecule has 162 valence electrons. The molecule has 0 radical (unpaired) electrons. The SMILES string of the molecule is CC(C)=CCc1c(-c2ccc(O)cc2O)oc2cc3c(cc2c1=O)C[C@H](C(C)(C)O)O3. The second-order valence-electron chi connectivity index (χ2n) is 8.85. The third-order valence-corrected chi connectivity index (χ3v) is 5.57. The zero-order valence-corrected chi connectivity index (χ0v) is 18.0. The minimum absolute atomic E-state index is 0.0842. The van der Waals surface area contributed by atoms with Gasteiger partial charge >= 0.3 is 0 Å². The number of hydrogen-bond donors (Lipinski definition) is 3. The highest BCUT2D eigenvalue weighted by Crippen LogP contribution is 2.39. The highest BCUT2D eigenvalue weighted by atomic mass is 16.5. The maximum Gasteiger partial charge on any atom is 0.196 e. The van der Waals surface area contributed by atoms with E-state index in [4.69, 9.17) is 9.15 Å². The average Bonchev–Trinajstić information content (AvgIpc) is 3.09. The fraction of sp³-hybridized carbons (Fsp3) is 0.320. The number of phenolic OH excluding ortho intramolecular Hbond substituents is 2. The monoisotopic (exact) mass is 422 g/mol. The van der Waals surface area contributed by atoms with Crippen LogP contribution in [-0.4, -0.2) is 27.0 Å². The molecule has 0 aliphatic carbocycles. The molecule has 4 rings (SSSR count). The van der Waals surface area contributed by atoms with Crippen LogP contribution in [0.2, 0.25) is 0 Å². The Hall–Kier alpha value is -3.25. The van der Waals surface area contributed by atoms with E-state index in [1.54, 1.807) is 26.0 Å². The van der Waals surface area contributed by atoms with Crippen LogP contribution in [0.25, 0.3) is 22.3 Å². The Balaban J connectivity index is 1.95. The lowest BCUT2D eigenvalue weighted by atomic mass is 9.96. The Bertz CT molecular complexity index is 1260. The van der Waals surface area contributed by atoms with Crippen LogP contribution in [0.15, 0.2) is 51.2 Å². The van der Waals surface area contributed by atoms with E-state index in [1.807, 2.05) is 19.9 Å². The van der Waals surface area contributed by atoms with Gasteiger partial charge in [0.15, 0.2) is 5.43 Å². The maximum atomic E-state index is 13.5. The van der Waals surface area contributed by atoms with Gasteiger partial charge in [0.25, 0.3) is 0 Å². The van der Waals surface area contributed by atoms with Crippen molar-refractivity contribution in [3.8, 4) is 28.6 Å². The second kappa shape index (κ2) is 7.46. The highest BCUT2D eigenvalue weighted by Gasteiger charge is 2.35. The van der Waals surface area contributed by atoms with E-state index < -0.39 is 11.7 Å². The molecule has 31 heavy (non-hydrogen) atoms. The Morgan fingerprint density at radius 2 is 1.94 bits per heavy atom. The van der Waals surface area contributed by atoms with Gasteiger partial charge in [-0.3, -0.25) is 4.79 Å². The predicted octanol–water partition coefficient (Wildman–Crippen LogP) is 4.45. The van der Waals surface area contributed by atoms with E-state index in [-0.39, 0.29) is 22.7 Å². The number of ether oxygens (including phenoxy) is 1. The van der Waals surface area contributed by atoms with Gasteiger partial charge in [0.05, 0.1) is 16.6 Å². The van der Waals surface area contributed by atoms with Crippen LogP contribution in [0.3, 0.4) is 0 Å². The molecule has 1 aliphatic heterocycles. The summed E-state index contributed by atoms with van der Waals surface area (Å²) in [6, 6.07) is 7.61. The van der Waals surface area contributed by atoms with Crippen LogP contribution in [0.1, 0.15) is 38.8 Å². The van der Waals surface area contributed by atoms with E-state index in [2.05, 4.69) is 0 Å². The van der Waals surface area contributed by atoms with E-state index in [1.165, 1.54) is 18.2 Å². The molecule has 1 aliphatic rings. The topological polar surface area (TPSA) is 100 Å². The number of phenols is 2. The summed E-state index contributed by atoms with van der Waals surface area (Å²) >= 11 is 0. The summed E-state index contributed by atoms with van der Waals surface area (Å²) in [5.74, 6) is 0.560. The summed E-state index contributed by atoms with van der Waals surface area (Å²) in [4.78, 5) is 13.5. The number of allylic oxidation sites excluding steroid dienone is 2. The molecule has 0 fully saturated rings. The van der Waals surface area contributed by atoms with Gasteiger partial charge in [-0.2, -0.15) is 0 Å². The van der Waals surface area contributed by atoms with E-state index in [9.17, 15) is 20.1 Å². The van der Waals surface area contributed by atoms with Crippen LogP contribution in [0.5, 0.6) is 17.2 Å². The van der Waals surface area contributed by atoms with Gasteiger partial charge in [0.1, 0.15) is 34.7 Å². The molecule has 6 heteroatoms. The molecule has 0 spiro atoms. The predicted molar refractivity (Wildman–Crippen MR) is 119 cm³/mol. The van der Waals surface area contributed by atoms with E-state index in [0.717, 1.165) is 11.1 Å². The minimum atomic E-state index is -1.03. The third kappa shape index (κ3) is 3.91. The average molecular weight is 422 g/mol. The largest absolute Gasteiger partial charge is 0.508 e. The van der Waals surface area contributed by atoms with Crippen molar-refractivity contribution in [1.82, 2.24) is 0 Å². The number of benzene rings is 2. The zero-order valence-electron chi connectivity index (χ0n) is 18.0. The molecule has 3 N–H and O–H groups in total. The fourth-order valence-corrected chi connectivity index (χ4v) is 3.78. The van der Waals surface area contributed by atoms with Crippen LogP contribution >= 0.6 is 0 Å². The van der Waals surface area contributed by atoms with Gasteiger partial charge in [-0.25, -0.2) is 0 Å². The highest BCUT2D eigenvalue weighted by molar-refractivity contribution is 5.84. The smallest absolute Gasteiger partial charge is 0.196 e. The first kappa shape index (κ1) is 21.0. The van der Waals surface area contributed by atoms with Gasteiger partial charge in [-0.05, 0) is 57.9 Å². The lowest BCUT2D eigenvalue weighted by Crippen LogP contribution is -2.39. The van der Waals surface area contributed by atoms with Crippen molar-refractivity contribution in [2.45, 2.75) is 52.2 Å². The Labute approximate surface area is 180 Å². The number of rotatable bonds is 4. The van der Waals surface area contributed by atoms with Crippen molar-refractivity contribution in [1.29, 1.82) is 0 Å². The summed E-state index contributed by atoms with van der Waals surface area (Å²) < 4.78 is 12.1. The third-order valence-electron chi connectivity index (χ3n) is 5.57. The molecule has 1 aromatic heterocycles. The van der Waals surface area contributed by atoms with Crippen LogP contribution in [0.4, 0.5) is 0 Å². The molecule has 0 bridgehead atoms. The number of aromatic hydroxyl groups is 2. The standard InChI is InChI=1S/C25H26O6/c1-13(2)5-7-17-23(28)18-9-14-10-22(25(3,4)29)30-20(14)12-21(18)31-24(17)16-8-6-15(26)11-19(16)27/h5-6,8-9,11-12,22,26-27,29H,7,10H2,1-4H3/t22-/m1/s1. The first-order valence-electron chi connectivity index (χ1n) is 10.2. The Morgan fingerprint density at radius 3 is 2.58 bits per heavy atom. The van der Waals surface area contributed by atoms with Gasteiger partial charge in [-0.1, -0.05) is 11.6 Å². The summed E-state index contributed by atoms with van der Waals surface area (Å²) in [6.07, 6.45) is 2.36. The summed E-state index contributed by atoms with van der Waals surface area (Å²) in [5, 5.41) is 30.8. The van der Waals surface area contributed by atoms with Gasteiger partial charge in [-0.15, -0.1) is 0 Å². The Kier molecular flexibility index (Phi) is 5.06. The van der Waals surface area contributed by atoms with Crippen molar-refractivity contribution < 1.29 is 24.5 Å². The lowest BCUT2D eigenvalue weighted by molar-refractivity contribution is -0.0229. The molecule has 2 heterocycles. The molecule has 6 nitrogen and oxygen atoms in total. The molecule has 0 saturated carbocycles.